The first-order valence-electron chi connectivity index (χ1n) is 8.42. The molecule has 0 aromatic carbocycles. The Hall–Kier alpha value is -2.31. The third-order valence-corrected chi connectivity index (χ3v) is 5.01. The molecule has 7 heteroatoms. The smallest absolute Gasteiger partial charge is 0.307 e. The van der Waals surface area contributed by atoms with Gasteiger partial charge in [0.25, 0.3) is 5.91 Å². The molecule has 2 atom stereocenters. The summed E-state index contributed by atoms with van der Waals surface area (Å²) in [6, 6.07) is 3.29. The Bertz CT molecular complexity index is 605. The summed E-state index contributed by atoms with van der Waals surface area (Å²) in [5.41, 5.74) is 0. The second kappa shape index (κ2) is 7.07. The topological polar surface area (TPSA) is 91.1 Å². The quantitative estimate of drug-likeness (QED) is 0.903. The first-order valence-corrected chi connectivity index (χ1v) is 8.42. The standard InChI is InChI=1S/C17H22N2O5/c20-15(12-4-1-2-5-13(12)17(22)23)18-7-9-19(10-8-18)16(21)14-6-3-11-24-14/h3,6,11-13H,1-2,4-5,7-10H2,(H,22,23)/t12-,13+/m0/s1. The van der Waals surface area contributed by atoms with Gasteiger partial charge in [0.05, 0.1) is 18.1 Å². The van der Waals surface area contributed by atoms with Crippen molar-refractivity contribution in [3.8, 4) is 0 Å². The largest absolute Gasteiger partial charge is 0.481 e. The van der Waals surface area contributed by atoms with Crippen molar-refractivity contribution in [2.45, 2.75) is 25.7 Å². The minimum absolute atomic E-state index is 0.0767. The molecule has 0 radical (unpaired) electrons. The minimum atomic E-state index is -0.875. The molecule has 2 heterocycles. The third-order valence-electron chi connectivity index (χ3n) is 5.01. The average molecular weight is 334 g/mol. The van der Waals surface area contributed by atoms with Gasteiger partial charge in [0.1, 0.15) is 0 Å². The van der Waals surface area contributed by atoms with Crippen LogP contribution in [0.5, 0.6) is 0 Å². The molecule has 2 amide bonds. The van der Waals surface area contributed by atoms with Crippen molar-refractivity contribution < 1.29 is 23.9 Å². The number of hydrogen-bond donors (Lipinski definition) is 1. The minimum Gasteiger partial charge on any atom is -0.481 e. The maximum Gasteiger partial charge on any atom is 0.307 e. The summed E-state index contributed by atoms with van der Waals surface area (Å²) in [5.74, 6) is -1.83. The Balaban J connectivity index is 1.58. The van der Waals surface area contributed by atoms with E-state index in [0.717, 1.165) is 12.8 Å². The zero-order valence-electron chi connectivity index (χ0n) is 13.5. The fraction of sp³-hybridized carbons (Fsp3) is 0.588. The number of carboxylic acids is 1. The molecule has 24 heavy (non-hydrogen) atoms. The summed E-state index contributed by atoms with van der Waals surface area (Å²) in [4.78, 5) is 39.7. The number of carbonyl (C=O) groups is 3. The Morgan fingerprint density at radius 3 is 2.21 bits per heavy atom. The SMILES string of the molecule is O=C(O)[C@@H]1CCCC[C@@H]1C(=O)N1CCN(C(=O)c2ccco2)CC1. The summed E-state index contributed by atoms with van der Waals surface area (Å²) in [5, 5.41) is 9.34. The number of furan rings is 1. The summed E-state index contributed by atoms with van der Waals surface area (Å²) in [6.45, 7) is 1.76. The maximum absolute atomic E-state index is 12.7. The molecule has 1 saturated carbocycles. The zero-order chi connectivity index (χ0) is 17.1. The van der Waals surface area contributed by atoms with E-state index in [1.54, 1.807) is 21.9 Å². The van der Waals surface area contributed by atoms with Gasteiger partial charge in [-0.15, -0.1) is 0 Å². The summed E-state index contributed by atoms with van der Waals surface area (Å²) in [6.07, 6.45) is 4.44. The van der Waals surface area contributed by atoms with E-state index in [1.807, 2.05) is 0 Å². The van der Waals surface area contributed by atoms with Crippen molar-refractivity contribution >= 4 is 17.8 Å². The highest BCUT2D eigenvalue weighted by molar-refractivity contribution is 5.91. The van der Waals surface area contributed by atoms with Crippen LogP contribution in [-0.2, 0) is 9.59 Å². The van der Waals surface area contributed by atoms with Gasteiger partial charge in [-0.25, -0.2) is 0 Å². The van der Waals surface area contributed by atoms with Gasteiger partial charge in [0.2, 0.25) is 5.91 Å². The van der Waals surface area contributed by atoms with Crippen LogP contribution >= 0.6 is 0 Å². The Morgan fingerprint density at radius 2 is 1.62 bits per heavy atom. The van der Waals surface area contributed by atoms with Gasteiger partial charge in [-0.05, 0) is 25.0 Å². The van der Waals surface area contributed by atoms with E-state index in [4.69, 9.17) is 4.42 Å². The van der Waals surface area contributed by atoms with Crippen LogP contribution in [0.15, 0.2) is 22.8 Å². The second-order valence-corrected chi connectivity index (χ2v) is 6.43. The van der Waals surface area contributed by atoms with Gasteiger partial charge in [-0.2, -0.15) is 0 Å². The van der Waals surface area contributed by atoms with Crippen molar-refractivity contribution in [3.63, 3.8) is 0 Å². The van der Waals surface area contributed by atoms with E-state index >= 15 is 0 Å². The molecule has 2 aliphatic rings. The Kier molecular flexibility index (Phi) is 4.87. The molecule has 1 saturated heterocycles. The van der Waals surface area contributed by atoms with Crippen LogP contribution in [0.4, 0.5) is 0 Å². The van der Waals surface area contributed by atoms with E-state index in [9.17, 15) is 19.5 Å². The van der Waals surface area contributed by atoms with E-state index in [-0.39, 0.29) is 11.8 Å². The van der Waals surface area contributed by atoms with Gasteiger partial charge in [-0.3, -0.25) is 14.4 Å². The lowest BCUT2D eigenvalue weighted by Crippen LogP contribution is -2.53. The summed E-state index contributed by atoms with van der Waals surface area (Å²) < 4.78 is 5.12. The highest BCUT2D eigenvalue weighted by Gasteiger charge is 2.38. The van der Waals surface area contributed by atoms with Gasteiger partial charge in [0, 0.05) is 26.2 Å². The molecule has 130 valence electrons. The molecular formula is C17H22N2O5. The first kappa shape index (κ1) is 16.5. The van der Waals surface area contributed by atoms with E-state index in [2.05, 4.69) is 0 Å². The van der Waals surface area contributed by atoms with Crippen molar-refractivity contribution in [2.24, 2.45) is 11.8 Å². The monoisotopic (exact) mass is 334 g/mol. The second-order valence-electron chi connectivity index (χ2n) is 6.43. The van der Waals surface area contributed by atoms with Gasteiger partial charge < -0.3 is 19.3 Å². The average Bonchev–Trinajstić information content (AvgIpc) is 3.15. The number of hydrogen-bond acceptors (Lipinski definition) is 4. The van der Waals surface area contributed by atoms with Crippen molar-refractivity contribution in [1.82, 2.24) is 9.80 Å². The molecule has 0 bridgehead atoms. The van der Waals surface area contributed by atoms with Crippen molar-refractivity contribution in [3.05, 3.63) is 24.2 Å². The normalized spacial score (nSPS) is 24.7. The van der Waals surface area contributed by atoms with E-state index in [1.165, 1.54) is 6.26 Å². The van der Waals surface area contributed by atoms with Crippen LogP contribution in [0.3, 0.4) is 0 Å². The van der Waals surface area contributed by atoms with Crippen LogP contribution < -0.4 is 0 Å². The number of piperazine rings is 1. The zero-order valence-corrected chi connectivity index (χ0v) is 13.5. The maximum atomic E-state index is 12.7. The molecule has 7 nitrogen and oxygen atoms in total. The molecule has 1 aliphatic carbocycles. The fourth-order valence-electron chi connectivity index (χ4n) is 3.64. The van der Waals surface area contributed by atoms with Crippen LogP contribution in [-0.4, -0.2) is 58.9 Å². The highest BCUT2D eigenvalue weighted by atomic mass is 16.4. The number of amides is 2. The predicted octanol–water partition coefficient (Wildman–Crippen LogP) is 1.45. The molecule has 2 fully saturated rings. The van der Waals surface area contributed by atoms with Gasteiger partial charge in [0.15, 0.2) is 5.76 Å². The molecule has 1 aliphatic heterocycles. The molecule has 1 N–H and O–H groups in total. The molecule has 1 aromatic rings. The molecule has 0 unspecified atom stereocenters. The molecular weight excluding hydrogens is 312 g/mol. The van der Waals surface area contributed by atoms with Crippen LogP contribution in [0.25, 0.3) is 0 Å². The van der Waals surface area contributed by atoms with Crippen LogP contribution in [0.2, 0.25) is 0 Å². The van der Waals surface area contributed by atoms with E-state index in [0.29, 0.717) is 44.8 Å². The Morgan fingerprint density at radius 1 is 1.00 bits per heavy atom. The van der Waals surface area contributed by atoms with Gasteiger partial charge >= 0.3 is 5.97 Å². The fourth-order valence-corrected chi connectivity index (χ4v) is 3.64. The number of rotatable bonds is 3. The lowest BCUT2D eigenvalue weighted by Gasteiger charge is -2.38. The molecule has 3 rings (SSSR count). The number of nitrogens with zero attached hydrogens (tertiary/aromatic N) is 2. The lowest BCUT2D eigenvalue weighted by atomic mass is 9.78. The molecule has 1 aromatic heterocycles. The highest BCUT2D eigenvalue weighted by Crippen LogP contribution is 2.32. The Labute approximate surface area is 140 Å². The number of aliphatic carboxylic acids is 1. The number of carbonyl (C=O) groups excluding carboxylic acids is 2. The van der Waals surface area contributed by atoms with Crippen LogP contribution in [0.1, 0.15) is 36.2 Å². The van der Waals surface area contributed by atoms with Crippen LogP contribution in [0, 0.1) is 11.8 Å². The first-order chi connectivity index (χ1) is 11.6. The van der Waals surface area contributed by atoms with Gasteiger partial charge in [-0.1, -0.05) is 12.8 Å². The van der Waals surface area contributed by atoms with Crippen molar-refractivity contribution in [1.29, 1.82) is 0 Å². The summed E-state index contributed by atoms with van der Waals surface area (Å²) >= 11 is 0. The third kappa shape index (κ3) is 3.29. The number of carboxylic acid groups (broad SMARTS) is 1. The lowest BCUT2D eigenvalue weighted by molar-refractivity contribution is -0.152. The van der Waals surface area contributed by atoms with Crippen molar-refractivity contribution in [2.75, 3.05) is 26.2 Å². The molecule has 0 spiro atoms. The van der Waals surface area contributed by atoms with E-state index < -0.39 is 17.8 Å². The predicted molar refractivity (Wildman–Crippen MR) is 84.3 cm³/mol. The summed E-state index contributed by atoms with van der Waals surface area (Å²) in [7, 11) is 0.